The van der Waals surface area contributed by atoms with Crippen LogP contribution in [0.5, 0.6) is 0 Å². The molecule has 0 saturated heterocycles. The number of esters is 1. The SMILES string of the molecule is CCOC(=O)CC(C)N(CC)CC(=O)NC. The molecule has 0 aliphatic rings. The molecule has 5 nitrogen and oxygen atoms in total. The molecule has 1 amide bonds. The van der Waals surface area contributed by atoms with E-state index in [1.54, 1.807) is 14.0 Å². The average molecular weight is 230 g/mol. The highest BCUT2D eigenvalue weighted by molar-refractivity contribution is 5.77. The summed E-state index contributed by atoms with van der Waals surface area (Å²) in [5.74, 6) is -0.261. The molecule has 0 saturated carbocycles. The number of hydrogen-bond donors (Lipinski definition) is 1. The van der Waals surface area contributed by atoms with Gasteiger partial charge in [0.2, 0.25) is 5.91 Å². The zero-order valence-electron chi connectivity index (χ0n) is 10.6. The van der Waals surface area contributed by atoms with Gasteiger partial charge in [0.15, 0.2) is 0 Å². The van der Waals surface area contributed by atoms with Crippen LogP contribution in [0.1, 0.15) is 27.2 Å². The molecule has 0 aromatic carbocycles. The molecule has 94 valence electrons. The molecule has 16 heavy (non-hydrogen) atoms. The fourth-order valence-corrected chi connectivity index (χ4v) is 1.43. The van der Waals surface area contributed by atoms with Crippen molar-refractivity contribution in [1.82, 2.24) is 10.2 Å². The van der Waals surface area contributed by atoms with Gasteiger partial charge < -0.3 is 10.1 Å². The number of amides is 1. The van der Waals surface area contributed by atoms with Gasteiger partial charge in [0, 0.05) is 13.1 Å². The number of likely N-dealkylation sites (N-methyl/N-ethyl adjacent to an activating group) is 2. The number of ether oxygens (including phenoxy) is 1. The fourth-order valence-electron chi connectivity index (χ4n) is 1.43. The van der Waals surface area contributed by atoms with E-state index in [1.807, 2.05) is 18.7 Å². The Balaban J connectivity index is 4.14. The topological polar surface area (TPSA) is 58.6 Å². The summed E-state index contributed by atoms with van der Waals surface area (Å²) in [6.45, 7) is 7.10. The van der Waals surface area contributed by atoms with Crippen LogP contribution in [0.25, 0.3) is 0 Å². The standard InChI is InChI=1S/C11H22N2O3/c1-5-13(8-10(14)12-4)9(3)7-11(15)16-6-2/h9H,5-8H2,1-4H3,(H,12,14). The lowest BCUT2D eigenvalue weighted by Crippen LogP contribution is -2.41. The Kier molecular flexibility index (Phi) is 7.54. The normalized spacial score (nSPS) is 12.3. The number of hydrogen-bond acceptors (Lipinski definition) is 4. The van der Waals surface area contributed by atoms with Gasteiger partial charge in [-0.15, -0.1) is 0 Å². The summed E-state index contributed by atoms with van der Waals surface area (Å²) in [5.41, 5.74) is 0. The summed E-state index contributed by atoms with van der Waals surface area (Å²) in [6, 6.07) is 0.0151. The van der Waals surface area contributed by atoms with E-state index < -0.39 is 0 Å². The minimum atomic E-state index is -0.217. The molecule has 1 N–H and O–H groups in total. The van der Waals surface area contributed by atoms with E-state index in [1.165, 1.54) is 0 Å². The summed E-state index contributed by atoms with van der Waals surface area (Å²) in [6.07, 6.45) is 0.318. The molecular formula is C11H22N2O3. The van der Waals surface area contributed by atoms with Crippen LogP contribution in [0.2, 0.25) is 0 Å². The smallest absolute Gasteiger partial charge is 0.307 e. The van der Waals surface area contributed by atoms with Crippen molar-refractivity contribution < 1.29 is 14.3 Å². The highest BCUT2D eigenvalue weighted by Gasteiger charge is 2.18. The molecule has 0 bridgehead atoms. The van der Waals surface area contributed by atoms with Crippen molar-refractivity contribution in [3.05, 3.63) is 0 Å². The van der Waals surface area contributed by atoms with E-state index in [0.717, 1.165) is 6.54 Å². The third-order valence-electron chi connectivity index (χ3n) is 2.42. The van der Waals surface area contributed by atoms with Crippen LogP contribution in [0, 0.1) is 0 Å². The van der Waals surface area contributed by atoms with Crippen molar-refractivity contribution in [3.63, 3.8) is 0 Å². The van der Waals surface area contributed by atoms with Gasteiger partial charge in [0.25, 0.3) is 0 Å². The van der Waals surface area contributed by atoms with E-state index in [9.17, 15) is 9.59 Å². The largest absolute Gasteiger partial charge is 0.466 e. The maximum absolute atomic E-state index is 11.3. The van der Waals surface area contributed by atoms with Gasteiger partial charge in [0.1, 0.15) is 0 Å². The van der Waals surface area contributed by atoms with Crippen molar-refractivity contribution in [2.75, 3.05) is 26.7 Å². The van der Waals surface area contributed by atoms with Gasteiger partial charge in [-0.1, -0.05) is 6.92 Å². The molecule has 5 heteroatoms. The zero-order chi connectivity index (χ0) is 12.6. The number of rotatable bonds is 7. The Hall–Kier alpha value is -1.10. The average Bonchev–Trinajstić information content (AvgIpc) is 2.25. The molecule has 0 rings (SSSR count). The lowest BCUT2D eigenvalue weighted by molar-refractivity contribution is -0.144. The van der Waals surface area contributed by atoms with Crippen LogP contribution in [-0.2, 0) is 14.3 Å². The summed E-state index contributed by atoms with van der Waals surface area (Å²) in [5, 5.41) is 2.57. The number of carbonyl (C=O) groups excluding carboxylic acids is 2. The monoisotopic (exact) mass is 230 g/mol. The lowest BCUT2D eigenvalue weighted by Gasteiger charge is -2.26. The molecule has 0 aliphatic heterocycles. The van der Waals surface area contributed by atoms with Gasteiger partial charge in [-0.05, 0) is 20.4 Å². The second-order valence-corrected chi connectivity index (χ2v) is 3.59. The molecule has 0 spiro atoms. The highest BCUT2D eigenvalue weighted by atomic mass is 16.5. The first-order chi connectivity index (χ1) is 7.54. The maximum Gasteiger partial charge on any atom is 0.307 e. The minimum Gasteiger partial charge on any atom is -0.466 e. The first-order valence-electron chi connectivity index (χ1n) is 5.65. The third kappa shape index (κ3) is 5.70. The number of nitrogens with zero attached hydrogens (tertiary/aromatic N) is 1. The van der Waals surface area contributed by atoms with Gasteiger partial charge in [-0.25, -0.2) is 0 Å². The quantitative estimate of drug-likeness (QED) is 0.643. The molecule has 0 fully saturated rings. The van der Waals surface area contributed by atoms with Crippen molar-refractivity contribution in [2.45, 2.75) is 33.2 Å². The van der Waals surface area contributed by atoms with Crippen molar-refractivity contribution in [2.24, 2.45) is 0 Å². The van der Waals surface area contributed by atoms with E-state index in [0.29, 0.717) is 19.6 Å². The van der Waals surface area contributed by atoms with Crippen molar-refractivity contribution >= 4 is 11.9 Å². The van der Waals surface area contributed by atoms with Crippen LogP contribution in [-0.4, -0.2) is 49.6 Å². The second kappa shape index (κ2) is 8.10. The van der Waals surface area contributed by atoms with Crippen LogP contribution in [0.15, 0.2) is 0 Å². The Labute approximate surface area is 97.1 Å². The third-order valence-corrected chi connectivity index (χ3v) is 2.42. The fraction of sp³-hybridized carbons (Fsp3) is 0.818. The zero-order valence-corrected chi connectivity index (χ0v) is 10.6. The molecule has 0 radical (unpaired) electrons. The predicted molar refractivity (Wildman–Crippen MR) is 62.0 cm³/mol. The molecule has 0 aliphatic carbocycles. The molecule has 0 aromatic heterocycles. The Morgan fingerprint density at radius 1 is 1.38 bits per heavy atom. The second-order valence-electron chi connectivity index (χ2n) is 3.59. The van der Waals surface area contributed by atoms with Crippen LogP contribution >= 0.6 is 0 Å². The summed E-state index contributed by atoms with van der Waals surface area (Å²) in [4.78, 5) is 24.4. The van der Waals surface area contributed by atoms with Gasteiger partial charge in [-0.3, -0.25) is 14.5 Å². The minimum absolute atomic E-state index is 0.0151. The van der Waals surface area contributed by atoms with Crippen LogP contribution in [0.4, 0.5) is 0 Å². The van der Waals surface area contributed by atoms with Crippen LogP contribution in [0.3, 0.4) is 0 Å². The maximum atomic E-state index is 11.3. The highest BCUT2D eigenvalue weighted by Crippen LogP contribution is 2.04. The molecule has 0 aromatic rings. The summed E-state index contributed by atoms with van der Waals surface area (Å²) >= 11 is 0. The van der Waals surface area contributed by atoms with Gasteiger partial charge >= 0.3 is 5.97 Å². The Bertz CT molecular complexity index is 231. The first-order valence-corrected chi connectivity index (χ1v) is 5.65. The molecule has 1 atom stereocenters. The number of nitrogens with one attached hydrogen (secondary N) is 1. The molecule has 1 unspecified atom stereocenters. The van der Waals surface area contributed by atoms with Crippen molar-refractivity contribution in [1.29, 1.82) is 0 Å². The lowest BCUT2D eigenvalue weighted by atomic mass is 10.2. The van der Waals surface area contributed by atoms with E-state index in [2.05, 4.69) is 5.32 Å². The Morgan fingerprint density at radius 2 is 2.00 bits per heavy atom. The van der Waals surface area contributed by atoms with Gasteiger partial charge in [-0.2, -0.15) is 0 Å². The molecule has 0 heterocycles. The van der Waals surface area contributed by atoms with E-state index in [4.69, 9.17) is 4.74 Å². The molecular weight excluding hydrogens is 208 g/mol. The number of carbonyl (C=O) groups is 2. The van der Waals surface area contributed by atoms with Gasteiger partial charge in [0.05, 0.1) is 19.6 Å². The van der Waals surface area contributed by atoms with Crippen LogP contribution < -0.4 is 5.32 Å². The van der Waals surface area contributed by atoms with E-state index >= 15 is 0 Å². The predicted octanol–water partition coefficient (Wildman–Crippen LogP) is 0.396. The van der Waals surface area contributed by atoms with E-state index in [-0.39, 0.29) is 17.9 Å². The first kappa shape index (κ1) is 14.9. The Morgan fingerprint density at radius 3 is 2.44 bits per heavy atom. The summed E-state index contributed by atoms with van der Waals surface area (Å²) < 4.78 is 4.87. The van der Waals surface area contributed by atoms with Crippen molar-refractivity contribution in [3.8, 4) is 0 Å². The summed E-state index contributed by atoms with van der Waals surface area (Å²) in [7, 11) is 1.60.